The maximum absolute atomic E-state index is 11.6. The van der Waals surface area contributed by atoms with E-state index in [9.17, 15) is 4.79 Å². The second-order valence-corrected chi connectivity index (χ2v) is 5.69. The molecule has 2 unspecified atom stereocenters. The van der Waals surface area contributed by atoms with Crippen LogP contribution >= 0.6 is 0 Å². The second kappa shape index (κ2) is 6.36. The Kier molecular flexibility index (Phi) is 5.40. The van der Waals surface area contributed by atoms with Gasteiger partial charge in [-0.25, -0.2) is 5.84 Å². The van der Waals surface area contributed by atoms with Crippen LogP contribution in [0.15, 0.2) is 0 Å². The number of rotatable bonds is 7. The Morgan fingerprint density at radius 2 is 1.94 bits per heavy atom. The van der Waals surface area contributed by atoms with Crippen molar-refractivity contribution < 1.29 is 4.79 Å². The largest absolute Gasteiger partial charge is 0.297 e. The number of nitrogens with zero attached hydrogens (tertiary/aromatic N) is 1. The molecule has 0 saturated heterocycles. The molecule has 2 atom stereocenters. The summed E-state index contributed by atoms with van der Waals surface area (Å²) >= 11 is 0. The van der Waals surface area contributed by atoms with Crippen molar-refractivity contribution in [2.45, 2.75) is 59.0 Å². The van der Waals surface area contributed by atoms with Gasteiger partial charge in [0, 0.05) is 12.1 Å². The number of hydrogen-bond acceptors (Lipinski definition) is 3. The molecule has 1 aliphatic carbocycles. The van der Waals surface area contributed by atoms with Gasteiger partial charge in [0.15, 0.2) is 0 Å². The van der Waals surface area contributed by atoms with E-state index >= 15 is 0 Å². The van der Waals surface area contributed by atoms with E-state index in [0.29, 0.717) is 12.0 Å². The van der Waals surface area contributed by atoms with E-state index in [4.69, 9.17) is 5.84 Å². The zero-order valence-electron chi connectivity index (χ0n) is 11.6. The van der Waals surface area contributed by atoms with Crippen LogP contribution in [0.5, 0.6) is 0 Å². The number of carbonyl (C=O) groups excluding carboxylic acids is 1. The van der Waals surface area contributed by atoms with Crippen LogP contribution in [-0.4, -0.2) is 29.4 Å². The molecule has 3 N–H and O–H groups in total. The quantitative estimate of drug-likeness (QED) is 0.403. The third-order valence-corrected chi connectivity index (χ3v) is 3.78. The molecule has 0 radical (unpaired) electrons. The highest BCUT2D eigenvalue weighted by atomic mass is 16.2. The Labute approximate surface area is 105 Å². The molecule has 0 bridgehead atoms. The minimum Gasteiger partial charge on any atom is -0.297 e. The van der Waals surface area contributed by atoms with Crippen molar-refractivity contribution in [1.29, 1.82) is 0 Å². The van der Waals surface area contributed by atoms with Gasteiger partial charge >= 0.3 is 0 Å². The molecule has 0 heterocycles. The monoisotopic (exact) mass is 241 g/mol. The van der Waals surface area contributed by atoms with Gasteiger partial charge in [-0.3, -0.25) is 15.1 Å². The summed E-state index contributed by atoms with van der Waals surface area (Å²) in [5, 5.41) is 0. The van der Waals surface area contributed by atoms with Crippen LogP contribution in [0.2, 0.25) is 0 Å². The lowest BCUT2D eigenvalue weighted by Crippen LogP contribution is -2.47. The third kappa shape index (κ3) is 4.28. The summed E-state index contributed by atoms with van der Waals surface area (Å²) in [5.41, 5.74) is 2.26. The molecule has 100 valence electrons. The highest BCUT2D eigenvalue weighted by Gasteiger charge is 2.35. The fraction of sp³-hybridized carbons (Fsp3) is 0.923. The lowest BCUT2D eigenvalue weighted by atomic mass is 10.00. The zero-order chi connectivity index (χ0) is 13.0. The van der Waals surface area contributed by atoms with Crippen molar-refractivity contribution in [2.75, 3.05) is 6.54 Å². The lowest BCUT2D eigenvalue weighted by Gasteiger charge is -2.33. The van der Waals surface area contributed by atoms with Gasteiger partial charge in [-0.15, -0.1) is 0 Å². The van der Waals surface area contributed by atoms with Crippen LogP contribution < -0.4 is 11.3 Å². The minimum absolute atomic E-state index is 0.0484. The summed E-state index contributed by atoms with van der Waals surface area (Å²) < 4.78 is 0. The summed E-state index contributed by atoms with van der Waals surface area (Å²) in [7, 11) is 0. The molecule has 0 aliphatic heterocycles. The Morgan fingerprint density at radius 1 is 1.35 bits per heavy atom. The second-order valence-electron chi connectivity index (χ2n) is 5.69. The number of nitrogens with two attached hydrogens (primary N) is 1. The van der Waals surface area contributed by atoms with E-state index in [2.05, 4.69) is 31.1 Å². The average molecular weight is 241 g/mol. The van der Waals surface area contributed by atoms with E-state index in [1.165, 1.54) is 19.3 Å². The van der Waals surface area contributed by atoms with Gasteiger partial charge < -0.3 is 0 Å². The number of hydrogen-bond donors (Lipinski definition) is 2. The molecular weight excluding hydrogens is 214 g/mol. The minimum atomic E-state index is -0.0623. The number of hydrazine groups is 1. The van der Waals surface area contributed by atoms with E-state index < -0.39 is 0 Å². The summed E-state index contributed by atoms with van der Waals surface area (Å²) in [6.45, 7) is 9.67. The first-order valence-corrected chi connectivity index (χ1v) is 6.73. The number of nitrogens with one attached hydrogen (secondary N) is 1. The topological polar surface area (TPSA) is 58.4 Å². The molecule has 4 heteroatoms. The standard InChI is InChI=1S/C13H27N3O/c1-9(2)7-8-16(12-5-6-12)11(4)10(3)13(17)15-14/h9-12H,5-8,14H2,1-4H3,(H,15,17). The van der Waals surface area contributed by atoms with Gasteiger partial charge in [-0.05, 0) is 38.6 Å². The smallest absolute Gasteiger partial charge is 0.238 e. The summed E-state index contributed by atoms with van der Waals surface area (Å²) in [6, 6.07) is 0.960. The maximum Gasteiger partial charge on any atom is 0.238 e. The molecule has 4 nitrogen and oxygen atoms in total. The van der Waals surface area contributed by atoms with Crippen molar-refractivity contribution >= 4 is 5.91 Å². The SMILES string of the molecule is CC(C)CCN(C1CC1)C(C)C(C)C(=O)NN. The zero-order valence-corrected chi connectivity index (χ0v) is 11.6. The Hall–Kier alpha value is -0.610. The molecule has 1 aliphatic rings. The Morgan fingerprint density at radius 3 is 2.35 bits per heavy atom. The molecule has 0 aromatic heterocycles. The first-order valence-electron chi connectivity index (χ1n) is 6.73. The van der Waals surface area contributed by atoms with Crippen LogP contribution in [-0.2, 0) is 4.79 Å². The van der Waals surface area contributed by atoms with Gasteiger partial charge in [0.1, 0.15) is 0 Å². The van der Waals surface area contributed by atoms with Crippen molar-refractivity contribution in [3.05, 3.63) is 0 Å². The predicted molar refractivity (Wildman–Crippen MR) is 70.1 cm³/mol. The van der Waals surface area contributed by atoms with Gasteiger partial charge in [0.2, 0.25) is 5.91 Å². The fourth-order valence-electron chi connectivity index (χ4n) is 2.17. The lowest BCUT2D eigenvalue weighted by molar-refractivity contribution is -0.126. The average Bonchev–Trinajstić information content (AvgIpc) is 3.10. The Balaban J connectivity index is 2.53. The predicted octanol–water partition coefficient (Wildman–Crippen LogP) is 1.51. The molecule has 17 heavy (non-hydrogen) atoms. The third-order valence-electron chi connectivity index (χ3n) is 3.78. The van der Waals surface area contributed by atoms with E-state index in [-0.39, 0.29) is 17.9 Å². The molecule has 1 saturated carbocycles. The van der Waals surface area contributed by atoms with Crippen molar-refractivity contribution in [3.8, 4) is 0 Å². The van der Waals surface area contributed by atoms with Crippen molar-refractivity contribution in [3.63, 3.8) is 0 Å². The molecule has 1 amide bonds. The van der Waals surface area contributed by atoms with Crippen LogP contribution in [0.4, 0.5) is 0 Å². The first-order chi connectivity index (χ1) is 7.97. The highest BCUT2D eigenvalue weighted by Crippen LogP contribution is 2.31. The fourth-order valence-corrected chi connectivity index (χ4v) is 2.17. The van der Waals surface area contributed by atoms with Crippen LogP contribution in [0.25, 0.3) is 0 Å². The van der Waals surface area contributed by atoms with Crippen LogP contribution in [0.3, 0.4) is 0 Å². The molecule has 1 rings (SSSR count). The van der Waals surface area contributed by atoms with Gasteiger partial charge in [-0.2, -0.15) is 0 Å². The Bertz CT molecular complexity index is 251. The summed E-state index contributed by atoms with van der Waals surface area (Å²) in [5.74, 6) is 5.81. The first kappa shape index (κ1) is 14.5. The molecule has 0 aromatic rings. The van der Waals surface area contributed by atoms with E-state index in [0.717, 1.165) is 6.54 Å². The maximum atomic E-state index is 11.6. The summed E-state index contributed by atoms with van der Waals surface area (Å²) in [4.78, 5) is 14.1. The molecule has 0 aromatic carbocycles. The summed E-state index contributed by atoms with van der Waals surface area (Å²) in [6.07, 6.45) is 3.75. The van der Waals surface area contributed by atoms with E-state index in [1.54, 1.807) is 0 Å². The van der Waals surface area contributed by atoms with Gasteiger partial charge in [-0.1, -0.05) is 20.8 Å². The molecule has 1 fully saturated rings. The van der Waals surface area contributed by atoms with Gasteiger partial charge in [0.25, 0.3) is 0 Å². The van der Waals surface area contributed by atoms with E-state index in [1.807, 2.05) is 6.92 Å². The molecular formula is C13H27N3O. The number of amides is 1. The van der Waals surface area contributed by atoms with Crippen LogP contribution in [0, 0.1) is 11.8 Å². The normalized spacial score (nSPS) is 19.5. The molecule has 0 spiro atoms. The van der Waals surface area contributed by atoms with Crippen molar-refractivity contribution in [1.82, 2.24) is 10.3 Å². The van der Waals surface area contributed by atoms with Crippen LogP contribution in [0.1, 0.15) is 47.0 Å². The van der Waals surface area contributed by atoms with Gasteiger partial charge in [0.05, 0.1) is 5.92 Å². The number of carbonyl (C=O) groups is 1. The van der Waals surface area contributed by atoms with Crippen molar-refractivity contribution in [2.24, 2.45) is 17.7 Å². The highest BCUT2D eigenvalue weighted by molar-refractivity contribution is 5.78.